The highest BCUT2D eigenvalue weighted by Crippen LogP contribution is 2.28. The van der Waals surface area contributed by atoms with Gasteiger partial charge in [0.25, 0.3) is 10.0 Å². The zero-order valence-corrected chi connectivity index (χ0v) is 16.9. The number of aromatic nitrogens is 3. The average Bonchev–Trinajstić information content (AvgIpc) is 2.83. The number of hydrogen-bond donors (Lipinski definition) is 2. The summed E-state index contributed by atoms with van der Waals surface area (Å²) in [5.74, 6) is 0. The largest absolute Gasteiger partial charge is 0.282 e. The molecule has 0 radical (unpaired) electrons. The summed E-state index contributed by atoms with van der Waals surface area (Å²) in [6.07, 6.45) is 2.23. The van der Waals surface area contributed by atoms with Crippen molar-refractivity contribution >= 4 is 54.1 Å². The normalized spacial score (nSPS) is 12.3. The molecule has 0 aliphatic heterocycles. The van der Waals surface area contributed by atoms with Crippen molar-refractivity contribution in [1.82, 2.24) is 14.8 Å². The van der Waals surface area contributed by atoms with Crippen LogP contribution < -0.4 is 9.44 Å². The van der Waals surface area contributed by atoms with Crippen molar-refractivity contribution in [2.75, 3.05) is 15.7 Å². The molecule has 12 heteroatoms. The summed E-state index contributed by atoms with van der Waals surface area (Å²) in [5, 5.41) is 4.90. The standard InChI is InChI=1S/C15H16ClN5O4S2/c1-9-12-7-11(8-17-15(12)21(2)18-9)27(24,25)19-10-4-5-14(13(16)6-10)20-26(3,22)23/h4-8,19-20H,1-3H3. The van der Waals surface area contributed by atoms with Crippen LogP contribution in [0.15, 0.2) is 35.4 Å². The van der Waals surface area contributed by atoms with Gasteiger partial charge in [-0.1, -0.05) is 11.6 Å². The number of benzene rings is 1. The first kappa shape index (κ1) is 19.4. The highest BCUT2D eigenvalue weighted by Gasteiger charge is 2.18. The summed E-state index contributed by atoms with van der Waals surface area (Å²) in [6, 6.07) is 5.58. The third-order valence-corrected chi connectivity index (χ3v) is 5.92. The molecule has 27 heavy (non-hydrogen) atoms. The second kappa shape index (κ2) is 6.66. The molecule has 2 aromatic heterocycles. The molecule has 0 saturated carbocycles. The van der Waals surface area contributed by atoms with Gasteiger partial charge in [-0.2, -0.15) is 5.10 Å². The molecule has 0 fully saturated rings. The molecule has 2 N–H and O–H groups in total. The highest BCUT2D eigenvalue weighted by atomic mass is 35.5. The topological polar surface area (TPSA) is 123 Å². The number of halogens is 1. The van der Waals surface area contributed by atoms with Gasteiger partial charge in [-0.3, -0.25) is 14.1 Å². The number of pyridine rings is 1. The molecule has 2 heterocycles. The first-order valence-corrected chi connectivity index (χ1v) is 11.3. The molecule has 0 spiro atoms. The van der Waals surface area contributed by atoms with E-state index in [9.17, 15) is 16.8 Å². The van der Waals surface area contributed by atoms with E-state index in [-0.39, 0.29) is 21.3 Å². The quantitative estimate of drug-likeness (QED) is 0.640. The van der Waals surface area contributed by atoms with Gasteiger partial charge in [0.15, 0.2) is 5.65 Å². The zero-order chi connectivity index (χ0) is 20.0. The first-order valence-electron chi connectivity index (χ1n) is 7.56. The Bertz CT molecular complexity index is 1250. The van der Waals surface area contributed by atoms with Crippen LogP contribution in [0.5, 0.6) is 0 Å². The number of rotatable bonds is 5. The maximum absolute atomic E-state index is 12.7. The molecule has 0 aliphatic carbocycles. The van der Waals surface area contributed by atoms with Crippen molar-refractivity contribution in [1.29, 1.82) is 0 Å². The minimum Gasteiger partial charge on any atom is -0.282 e. The molecule has 1 aromatic carbocycles. The number of sulfonamides is 2. The van der Waals surface area contributed by atoms with E-state index in [2.05, 4.69) is 19.5 Å². The van der Waals surface area contributed by atoms with Crippen molar-refractivity contribution in [3.05, 3.63) is 41.2 Å². The van der Waals surface area contributed by atoms with E-state index in [1.807, 2.05) is 0 Å². The van der Waals surface area contributed by atoms with Crippen LogP contribution in [0.25, 0.3) is 11.0 Å². The van der Waals surface area contributed by atoms with Gasteiger partial charge in [-0.15, -0.1) is 0 Å². The van der Waals surface area contributed by atoms with E-state index in [1.165, 1.54) is 30.5 Å². The van der Waals surface area contributed by atoms with Gasteiger partial charge in [0.2, 0.25) is 10.0 Å². The number of hydrogen-bond acceptors (Lipinski definition) is 6. The van der Waals surface area contributed by atoms with Crippen molar-refractivity contribution in [2.24, 2.45) is 7.05 Å². The number of fused-ring (bicyclic) bond motifs is 1. The lowest BCUT2D eigenvalue weighted by molar-refractivity contribution is 0.600. The van der Waals surface area contributed by atoms with Crippen LogP contribution in [0.2, 0.25) is 5.02 Å². The van der Waals surface area contributed by atoms with Gasteiger partial charge >= 0.3 is 0 Å². The summed E-state index contributed by atoms with van der Waals surface area (Å²) in [4.78, 5) is 4.13. The van der Waals surface area contributed by atoms with E-state index in [4.69, 9.17) is 11.6 Å². The minimum atomic E-state index is -3.92. The SMILES string of the molecule is Cc1nn(C)c2ncc(S(=O)(=O)Nc3ccc(NS(C)(=O)=O)c(Cl)c3)cc12. The second-order valence-corrected chi connectivity index (χ2v) is 9.76. The van der Waals surface area contributed by atoms with Crippen LogP contribution in [0.1, 0.15) is 5.69 Å². The predicted octanol–water partition coefficient (Wildman–Crippen LogP) is 2.10. The van der Waals surface area contributed by atoms with Crippen LogP contribution in [0.4, 0.5) is 11.4 Å². The fourth-order valence-electron chi connectivity index (χ4n) is 2.51. The fourth-order valence-corrected chi connectivity index (χ4v) is 4.39. The molecule has 3 rings (SSSR count). The lowest BCUT2D eigenvalue weighted by Crippen LogP contribution is -2.14. The molecule has 0 bridgehead atoms. The van der Waals surface area contributed by atoms with Crippen molar-refractivity contribution in [3.63, 3.8) is 0 Å². The van der Waals surface area contributed by atoms with Crippen molar-refractivity contribution in [3.8, 4) is 0 Å². The van der Waals surface area contributed by atoms with Gasteiger partial charge in [0.05, 0.1) is 28.3 Å². The predicted molar refractivity (Wildman–Crippen MR) is 104 cm³/mol. The first-order chi connectivity index (χ1) is 12.5. The summed E-state index contributed by atoms with van der Waals surface area (Å²) in [6.45, 7) is 1.76. The van der Waals surface area contributed by atoms with Crippen molar-refractivity contribution < 1.29 is 16.8 Å². The molecule has 0 aliphatic rings. The average molecular weight is 430 g/mol. The molecule has 0 atom stereocenters. The van der Waals surface area contributed by atoms with Gasteiger partial charge in [0.1, 0.15) is 4.90 Å². The lowest BCUT2D eigenvalue weighted by atomic mass is 10.3. The van der Waals surface area contributed by atoms with E-state index < -0.39 is 20.0 Å². The third kappa shape index (κ3) is 4.15. The van der Waals surface area contributed by atoms with Crippen LogP contribution in [-0.4, -0.2) is 37.9 Å². The lowest BCUT2D eigenvalue weighted by Gasteiger charge is -2.11. The van der Waals surface area contributed by atoms with Crippen LogP contribution in [0, 0.1) is 6.92 Å². The van der Waals surface area contributed by atoms with Crippen molar-refractivity contribution in [2.45, 2.75) is 11.8 Å². The van der Waals surface area contributed by atoms with Gasteiger partial charge in [-0.25, -0.2) is 21.8 Å². The Balaban J connectivity index is 1.92. The van der Waals surface area contributed by atoms with E-state index in [1.54, 1.807) is 18.7 Å². The molecule has 144 valence electrons. The fraction of sp³-hybridized carbons (Fsp3) is 0.200. The van der Waals surface area contributed by atoms with E-state index >= 15 is 0 Å². The summed E-state index contributed by atoms with van der Waals surface area (Å²) < 4.78 is 54.1. The molecule has 3 aromatic rings. The Morgan fingerprint density at radius 3 is 2.44 bits per heavy atom. The second-order valence-electron chi connectivity index (χ2n) is 5.93. The third-order valence-electron chi connectivity index (χ3n) is 3.66. The van der Waals surface area contributed by atoms with Gasteiger partial charge < -0.3 is 0 Å². The van der Waals surface area contributed by atoms with E-state index in [0.717, 1.165) is 6.26 Å². The Morgan fingerprint density at radius 1 is 1.11 bits per heavy atom. The number of nitrogens with zero attached hydrogens (tertiary/aromatic N) is 3. The zero-order valence-electron chi connectivity index (χ0n) is 14.6. The van der Waals surface area contributed by atoms with E-state index in [0.29, 0.717) is 16.7 Å². The smallest absolute Gasteiger partial charge is 0.263 e. The summed E-state index contributed by atoms with van der Waals surface area (Å²) in [7, 11) is -5.70. The molecular weight excluding hydrogens is 414 g/mol. The van der Waals surface area contributed by atoms with Crippen LogP contribution >= 0.6 is 11.6 Å². The molecule has 0 saturated heterocycles. The Hall–Kier alpha value is -2.37. The minimum absolute atomic E-state index is 0.0273. The monoisotopic (exact) mass is 429 g/mol. The highest BCUT2D eigenvalue weighted by molar-refractivity contribution is 7.92. The molecule has 0 amide bonds. The molecule has 0 unspecified atom stereocenters. The summed E-state index contributed by atoms with van der Waals surface area (Å²) in [5.41, 5.74) is 1.57. The number of anilines is 2. The Morgan fingerprint density at radius 2 is 1.81 bits per heavy atom. The van der Waals surface area contributed by atoms with Gasteiger partial charge in [-0.05, 0) is 31.2 Å². The van der Waals surface area contributed by atoms with Crippen LogP contribution in [-0.2, 0) is 27.1 Å². The molecular formula is C15H16ClN5O4S2. The Labute approximate surface area is 161 Å². The number of nitrogens with one attached hydrogen (secondary N) is 2. The maximum Gasteiger partial charge on any atom is 0.263 e. The number of aryl methyl sites for hydroxylation is 2. The van der Waals surface area contributed by atoms with Crippen LogP contribution in [0.3, 0.4) is 0 Å². The summed E-state index contributed by atoms with van der Waals surface area (Å²) >= 11 is 6.03. The Kier molecular flexibility index (Phi) is 4.78. The maximum atomic E-state index is 12.7. The van der Waals surface area contributed by atoms with Gasteiger partial charge in [0, 0.05) is 18.6 Å². The molecule has 9 nitrogen and oxygen atoms in total.